The van der Waals surface area contributed by atoms with Crippen molar-refractivity contribution in [1.29, 1.82) is 0 Å². The van der Waals surface area contributed by atoms with Gasteiger partial charge in [-0.05, 0) is 56.5 Å². The van der Waals surface area contributed by atoms with Crippen LogP contribution in [0.1, 0.15) is 52.4 Å². The number of ether oxygens (including phenoxy) is 2. The van der Waals surface area contributed by atoms with Gasteiger partial charge in [0.25, 0.3) is 0 Å². The number of amides is 1. The molecule has 0 saturated carbocycles. The third-order valence-electron chi connectivity index (χ3n) is 7.46. The zero-order valence-electron chi connectivity index (χ0n) is 18.9. The number of hydrogen-bond donors (Lipinski definition) is 1. The summed E-state index contributed by atoms with van der Waals surface area (Å²) in [4.78, 5) is 29.1. The van der Waals surface area contributed by atoms with Crippen LogP contribution in [0.3, 0.4) is 0 Å². The maximum absolute atomic E-state index is 13.3. The first kappa shape index (κ1) is 21.8. The second-order valence-corrected chi connectivity index (χ2v) is 9.14. The number of nitrogens with zero attached hydrogens (tertiary/aromatic N) is 4. The summed E-state index contributed by atoms with van der Waals surface area (Å²) in [7, 11) is 1.53. The average molecular weight is 453 g/mol. The Morgan fingerprint density at radius 2 is 1.97 bits per heavy atom. The summed E-state index contributed by atoms with van der Waals surface area (Å²) in [5.74, 6) is 0.228. The topological polar surface area (TPSA) is 105 Å². The third kappa shape index (κ3) is 3.75. The van der Waals surface area contributed by atoms with Crippen molar-refractivity contribution in [2.24, 2.45) is 5.41 Å². The largest absolute Gasteiger partial charge is 0.480 e. The Kier molecular flexibility index (Phi) is 5.54. The van der Waals surface area contributed by atoms with Gasteiger partial charge in [-0.2, -0.15) is 5.10 Å². The van der Waals surface area contributed by atoms with E-state index in [0.29, 0.717) is 24.5 Å². The van der Waals surface area contributed by atoms with Crippen molar-refractivity contribution in [2.75, 3.05) is 38.2 Å². The smallest absolute Gasteiger partial charge is 0.338 e. The SMILES string of the molecule is COc1cc(N2CCC3(CCN(CC(O)c4ccc5c(c4C)COC5=O)CC3)C2=O)cnn1. The number of β-amino-alcohol motifs (C(OH)–C–C–N with tert-alkyl or cyclic N) is 1. The van der Waals surface area contributed by atoms with E-state index in [-0.39, 0.29) is 23.9 Å². The minimum atomic E-state index is -0.661. The molecule has 0 bridgehead atoms. The maximum atomic E-state index is 13.3. The number of cyclic esters (lactones) is 1. The molecule has 9 heteroatoms. The maximum Gasteiger partial charge on any atom is 0.338 e. The Morgan fingerprint density at radius 3 is 2.73 bits per heavy atom. The minimum Gasteiger partial charge on any atom is -0.480 e. The molecule has 5 rings (SSSR count). The van der Waals surface area contributed by atoms with Crippen LogP contribution in [-0.4, -0.2) is 65.4 Å². The van der Waals surface area contributed by atoms with E-state index < -0.39 is 6.10 Å². The molecule has 33 heavy (non-hydrogen) atoms. The molecule has 2 aromatic rings. The highest BCUT2D eigenvalue weighted by molar-refractivity contribution is 6.00. The number of fused-ring (bicyclic) bond motifs is 1. The Labute approximate surface area is 192 Å². The standard InChI is InChI=1S/C24H28N4O5/c1-15-17(3-4-18-19(15)14-33-22(18)30)20(29)13-27-8-5-24(6-9-27)7-10-28(23(24)31)16-11-21(32-2)26-25-12-16/h3-4,11-12,20,29H,5-10,13-14H2,1-2H3. The van der Waals surface area contributed by atoms with Crippen LogP contribution in [0.2, 0.25) is 0 Å². The first-order chi connectivity index (χ1) is 15.9. The summed E-state index contributed by atoms with van der Waals surface area (Å²) in [6, 6.07) is 5.31. The van der Waals surface area contributed by atoms with Gasteiger partial charge in [-0.25, -0.2) is 4.79 Å². The molecule has 1 unspecified atom stereocenters. The Bertz CT molecular complexity index is 1100. The summed E-state index contributed by atoms with van der Waals surface area (Å²) >= 11 is 0. The van der Waals surface area contributed by atoms with Crippen molar-refractivity contribution in [3.05, 3.63) is 46.6 Å². The number of benzene rings is 1. The van der Waals surface area contributed by atoms with E-state index in [1.165, 1.54) is 7.11 Å². The molecule has 1 N–H and O–H groups in total. The number of carbonyl (C=O) groups excluding carboxylic acids is 2. The Balaban J connectivity index is 1.23. The molecule has 2 fully saturated rings. The number of methoxy groups -OCH3 is 1. The lowest BCUT2D eigenvalue weighted by atomic mass is 9.77. The molecular weight excluding hydrogens is 424 g/mol. The van der Waals surface area contributed by atoms with Crippen molar-refractivity contribution in [1.82, 2.24) is 15.1 Å². The molecule has 174 valence electrons. The number of aliphatic hydroxyl groups excluding tert-OH is 1. The molecule has 9 nitrogen and oxygen atoms in total. The van der Waals surface area contributed by atoms with Crippen LogP contribution < -0.4 is 9.64 Å². The number of esters is 1. The van der Waals surface area contributed by atoms with Crippen molar-refractivity contribution >= 4 is 17.6 Å². The zero-order chi connectivity index (χ0) is 23.2. The average Bonchev–Trinajstić information content (AvgIpc) is 3.36. The Hall–Kier alpha value is -3.04. The van der Waals surface area contributed by atoms with Gasteiger partial charge in [0.2, 0.25) is 11.8 Å². The van der Waals surface area contributed by atoms with E-state index in [2.05, 4.69) is 15.1 Å². The van der Waals surface area contributed by atoms with E-state index >= 15 is 0 Å². The molecule has 1 aromatic carbocycles. The third-order valence-corrected chi connectivity index (χ3v) is 7.46. The lowest BCUT2D eigenvalue weighted by Crippen LogP contribution is -2.45. The normalized spacial score (nSPS) is 20.8. The van der Waals surface area contributed by atoms with Gasteiger partial charge in [0.15, 0.2) is 0 Å². The van der Waals surface area contributed by atoms with Crippen LogP contribution in [0.25, 0.3) is 0 Å². The first-order valence-corrected chi connectivity index (χ1v) is 11.3. The lowest BCUT2D eigenvalue weighted by molar-refractivity contribution is -0.128. The number of rotatable bonds is 5. The fourth-order valence-electron chi connectivity index (χ4n) is 5.35. The highest BCUT2D eigenvalue weighted by Gasteiger charge is 2.48. The fourth-order valence-corrected chi connectivity index (χ4v) is 5.35. The van der Waals surface area contributed by atoms with E-state index in [1.807, 2.05) is 13.0 Å². The molecule has 1 spiro atoms. The second-order valence-electron chi connectivity index (χ2n) is 9.14. The number of likely N-dealkylation sites (tertiary alicyclic amines) is 1. The molecule has 1 atom stereocenters. The summed E-state index contributed by atoms with van der Waals surface area (Å²) < 4.78 is 10.3. The zero-order valence-corrected chi connectivity index (χ0v) is 18.9. The van der Waals surface area contributed by atoms with Crippen LogP contribution >= 0.6 is 0 Å². The van der Waals surface area contributed by atoms with Crippen molar-refractivity contribution in [2.45, 2.75) is 38.9 Å². The first-order valence-electron chi connectivity index (χ1n) is 11.3. The molecular formula is C24H28N4O5. The van der Waals surface area contributed by atoms with Crippen molar-refractivity contribution < 1.29 is 24.2 Å². The summed E-state index contributed by atoms with van der Waals surface area (Å²) in [5.41, 5.74) is 3.56. The fraction of sp³-hybridized carbons (Fsp3) is 0.500. The number of carbonyl (C=O) groups is 2. The molecule has 1 amide bonds. The van der Waals surface area contributed by atoms with E-state index in [4.69, 9.17) is 9.47 Å². The van der Waals surface area contributed by atoms with Gasteiger partial charge in [0, 0.05) is 24.7 Å². The number of hydrogen-bond acceptors (Lipinski definition) is 8. The highest BCUT2D eigenvalue weighted by atomic mass is 16.5. The highest BCUT2D eigenvalue weighted by Crippen LogP contribution is 2.43. The van der Waals surface area contributed by atoms with Crippen LogP contribution in [0.5, 0.6) is 5.88 Å². The van der Waals surface area contributed by atoms with Gasteiger partial charge < -0.3 is 24.4 Å². The van der Waals surface area contributed by atoms with E-state index in [1.54, 1.807) is 23.2 Å². The summed E-state index contributed by atoms with van der Waals surface area (Å²) in [6.45, 7) is 4.85. The molecule has 2 saturated heterocycles. The number of anilines is 1. The van der Waals surface area contributed by atoms with Crippen LogP contribution in [0, 0.1) is 12.3 Å². The number of aromatic nitrogens is 2. The van der Waals surface area contributed by atoms with Crippen LogP contribution in [0.4, 0.5) is 5.69 Å². The van der Waals surface area contributed by atoms with Crippen molar-refractivity contribution in [3.63, 3.8) is 0 Å². The second kappa shape index (κ2) is 8.39. The molecule has 1 aromatic heterocycles. The van der Waals surface area contributed by atoms with Gasteiger partial charge in [0.1, 0.15) is 6.61 Å². The monoisotopic (exact) mass is 452 g/mol. The Morgan fingerprint density at radius 1 is 1.21 bits per heavy atom. The van der Waals surface area contributed by atoms with Gasteiger partial charge in [-0.1, -0.05) is 6.07 Å². The van der Waals surface area contributed by atoms with Gasteiger partial charge in [0.05, 0.1) is 36.1 Å². The van der Waals surface area contributed by atoms with Gasteiger partial charge in [-0.15, -0.1) is 5.10 Å². The molecule has 4 heterocycles. The predicted molar refractivity (Wildman–Crippen MR) is 119 cm³/mol. The summed E-state index contributed by atoms with van der Waals surface area (Å²) in [6.07, 6.45) is 3.27. The van der Waals surface area contributed by atoms with E-state index in [0.717, 1.165) is 54.7 Å². The van der Waals surface area contributed by atoms with Gasteiger partial charge in [-0.3, -0.25) is 4.79 Å². The summed E-state index contributed by atoms with van der Waals surface area (Å²) in [5, 5.41) is 18.8. The van der Waals surface area contributed by atoms with Crippen molar-refractivity contribution in [3.8, 4) is 5.88 Å². The van der Waals surface area contributed by atoms with Crippen LogP contribution in [0.15, 0.2) is 24.4 Å². The molecule has 0 aliphatic carbocycles. The van der Waals surface area contributed by atoms with Gasteiger partial charge >= 0.3 is 5.97 Å². The molecule has 0 radical (unpaired) electrons. The predicted octanol–water partition coefficient (Wildman–Crippen LogP) is 2.02. The quantitative estimate of drug-likeness (QED) is 0.687. The molecule has 3 aliphatic rings. The van der Waals surface area contributed by atoms with Crippen LogP contribution in [-0.2, 0) is 16.1 Å². The number of aliphatic hydroxyl groups is 1. The van der Waals surface area contributed by atoms with E-state index in [9.17, 15) is 14.7 Å². The molecule has 3 aliphatic heterocycles. The number of piperidine rings is 1. The lowest BCUT2D eigenvalue weighted by Gasteiger charge is -2.38. The minimum absolute atomic E-state index is 0.136.